The molecule has 3 heteroatoms. The van der Waals surface area contributed by atoms with Gasteiger partial charge in [0, 0.05) is 12.0 Å². The number of benzene rings is 1. The number of carbonyl (C=O) groups excluding carboxylic acids is 1. The van der Waals surface area contributed by atoms with Crippen LogP contribution >= 0.6 is 0 Å². The van der Waals surface area contributed by atoms with E-state index < -0.39 is 0 Å². The number of piperidine rings is 1. The summed E-state index contributed by atoms with van der Waals surface area (Å²) < 4.78 is 0. The number of amides is 1. The van der Waals surface area contributed by atoms with E-state index in [1.165, 1.54) is 18.4 Å². The zero-order valence-corrected chi connectivity index (χ0v) is 12.7. The fraction of sp³-hybridized carbons (Fsp3) is 0.611. The van der Waals surface area contributed by atoms with Crippen LogP contribution in [0.4, 0.5) is 0 Å². The molecule has 21 heavy (non-hydrogen) atoms. The van der Waals surface area contributed by atoms with Gasteiger partial charge in [-0.2, -0.15) is 0 Å². The maximum absolute atomic E-state index is 12.4. The van der Waals surface area contributed by atoms with Gasteiger partial charge < -0.3 is 10.6 Å². The van der Waals surface area contributed by atoms with Crippen molar-refractivity contribution in [3.63, 3.8) is 0 Å². The monoisotopic (exact) mass is 286 g/mol. The van der Waals surface area contributed by atoms with Crippen molar-refractivity contribution in [1.82, 2.24) is 10.6 Å². The zero-order valence-electron chi connectivity index (χ0n) is 12.7. The second-order valence-electron chi connectivity index (χ2n) is 6.52. The third-order valence-electron chi connectivity index (χ3n) is 5.04. The van der Waals surface area contributed by atoms with Crippen LogP contribution in [-0.2, 0) is 11.2 Å². The Morgan fingerprint density at radius 2 is 1.86 bits per heavy atom. The van der Waals surface area contributed by atoms with Crippen LogP contribution in [0.2, 0.25) is 0 Å². The molecule has 1 aromatic rings. The third kappa shape index (κ3) is 3.85. The van der Waals surface area contributed by atoms with E-state index in [4.69, 9.17) is 0 Å². The van der Waals surface area contributed by atoms with E-state index >= 15 is 0 Å². The predicted molar refractivity (Wildman–Crippen MR) is 85.0 cm³/mol. The van der Waals surface area contributed by atoms with Crippen molar-refractivity contribution in [3.8, 4) is 0 Å². The molecule has 1 amide bonds. The molecule has 1 aliphatic heterocycles. The summed E-state index contributed by atoms with van der Waals surface area (Å²) in [4.78, 5) is 12.4. The second kappa shape index (κ2) is 7.08. The first-order valence-corrected chi connectivity index (χ1v) is 8.38. The summed E-state index contributed by atoms with van der Waals surface area (Å²) in [6.45, 7) is 1.96. The van der Waals surface area contributed by atoms with Gasteiger partial charge in [-0.3, -0.25) is 4.79 Å². The molecule has 0 radical (unpaired) electrons. The summed E-state index contributed by atoms with van der Waals surface area (Å²) in [7, 11) is 0. The maximum Gasteiger partial charge on any atom is 0.223 e. The molecule has 114 valence electrons. The SMILES string of the molecule is O=C(NC1CCCC1Cc1ccccc1)C1CCNCC1. The Hall–Kier alpha value is -1.35. The van der Waals surface area contributed by atoms with Crippen LogP contribution in [0.1, 0.15) is 37.7 Å². The molecule has 2 unspecified atom stereocenters. The maximum atomic E-state index is 12.4. The van der Waals surface area contributed by atoms with E-state index in [1.807, 2.05) is 0 Å². The molecule has 2 fully saturated rings. The van der Waals surface area contributed by atoms with Gasteiger partial charge in [0.1, 0.15) is 0 Å². The van der Waals surface area contributed by atoms with Crippen LogP contribution in [-0.4, -0.2) is 25.0 Å². The quantitative estimate of drug-likeness (QED) is 0.893. The Morgan fingerprint density at radius 3 is 2.62 bits per heavy atom. The number of nitrogens with one attached hydrogen (secondary N) is 2. The highest BCUT2D eigenvalue weighted by Crippen LogP contribution is 2.29. The third-order valence-corrected chi connectivity index (χ3v) is 5.04. The standard InChI is InChI=1S/C18H26N2O/c21-18(15-9-11-19-12-10-15)20-17-8-4-7-16(17)13-14-5-2-1-3-6-14/h1-3,5-6,15-17,19H,4,7-13H2,(H,20,21). The van der Waals surface area contributed by atoms with Gasteiger partial charge >= 0.3 is 0 Å². The van der Waals surface area contributed by atoms with Gasteiger partial charge in [-0.15, -0.1) is 0 Å². The van der Waals surface area contributed by atoms with Gasteiger partial charge in [0.25, 0.3) is 0 Å². The fourth-order valence-corrected chi connectivity index (χ4v) is 3.77. The Morgan fingerprint density at radius 1 is 1.10 bits per heavy atom. The van der Waals surface area contributed by atoms with Gasteiger partial charge in [0.05, 0.1) is 0 Å². The minimum atomic E-state index is 0.226. The molecule has 1 aromatic carbocycles. The van der Waals surface area contributed by atoms with Crippen LogP contribution in [0.3, 0.4) is 0 Å². The summed E-state index contributed by atoms with van der Waals surface area (Å²) in [5, 5.41) is 6.68. The van der Waals surface area contributed by atoms with Crippen molar-refractivity contribution in [1.29, 1.82) is 0 Å². The first-order chi connectivity index (χ1) is 10.3. The summed E-state index contributed by atoms with van der Waals surface area (Å²) in [6, 6.07) is 11.1. The van der Waals surface area contributed by atoms with Crippen LogP contribution < -0.4 is 10.6 Å². The van der Waals surface area contributed by atoms with Gasteiger partial charge in [-0.1, -0.05) is 36.8 Å². The second-order valence-corrected chi connectivity index (χ2v) is 6.52. The van der Waals surface area contributed by atoms with Gasteiger partial charge in [-0.25, -0.2) is 0 Å². The molecule has 1 heterocycles. The first kappa shape index (κ1) is 14.6. The minimum absolute atomic E-state index is 0.226. The normalized spacial score (nSPS) is 26.7. The Bertz CT molecular complexity index is 454. The highest BCUT2D eigenvalue weighted by molar-refractivity contribution is 5.79. The summed E-state index contributed by atoms with van der Waals surface area (Å²) in [5.41, 5.74) is 1.39. The van der Waals surface area contributed by atoms with Gasteiger partial charge in [0.15, 0.2) is 0 Å². The Kier molecular flexibility index (Phi) is 4.91. The molecule has 3 rings (SSSR count). The fourth-order valence-electron chi connectivity index (χ4n) is 3.77. The Labute approximate surface area is 127 Å². The molecule has 0 spiro atoms. The molecular formula is C18H26N2O. The smallest absolute Gasteiger partial charge is 0.223 e. The number of hydrogen-bond donors (Lipinski definition) is 2. The molecule has 0 aromatic heterocycles. The van der Waals surface area contributed by atoms with Crippen LogP contribution in [0.5, 0.6) is 0 Å². The molecule has 1 aliphatic carbocycles. The van der Waals surface area contributed by atoms with E-state index in [9.17, 15) is 4.79 Å². The lowest BCUT2D eigenvalue weighted by Crippen LogP contribution is -2.44. The van der Waals surface area contributed by atoms with Crippen molar-refractivity contribution in [2.45, 2.75) is 44.6 Å². The minimum Gasteiger partial charge on any atom is -0.353 e. The highest BCUT2D eigenvalue weighted by Gasteiger charge is 2.30. The van der Waals surface area contributed by atoms with Crippen molar-refractivity contribution >= 4 is 5.91 Å². The van der Waals surface area contributed by atoms with Crippen molar-refractivity contribution in [2.75, 3.05) is 13.1 Å². The summed E-state index contributed by atoms with van der Waals surface area (Å²) in [6.07, 6.45) is 6.71. The van der Waals surface area contributed by atoms with E-state index in [0.29, 0.717) is 17.9 Å². The van der Waals surface area contributed by atoms with Crippen molar-refractivity contribution < 1.29 is 4.79 Å². The number of hydrogen-bond acceptors (Lipinski definition) is 2. The number of rotatable bonds is 4. The largest absolute Gasteiger partial charge is 0.353 e. The molecular weight excluding hydrogens is 260 g/mol. The van der Waals surface area contributed by atoms with E-state index in [0.717, 1.165) is 38.8 Å². The average Bonchev–Trinajstić information content (AvgIpc) is 2.96. The van der Waals surface area contributed by atoms with Crippen molar-refractivity contribution in [3.05, 3.63) is 35.9 Å². The lowest BCUT2D eigenvalue weighted by atomic mass is 9.92. The molecule has 3 nitrogen and oxygen atoms in total. The molecule has 1 saturated carbocycles. The first-order valence-electron chi connectivity index (χ1n) is 8.38. The van der Waals surface area contributed by atoms with Gasteiger partial charge in [0.2, 0.25) is 5.91 Å². The molecule has 0 bridgehead atoms. The lowest BCUT2D eigenvalue weighted by Gasteiger charge is -2.26. The molecule has 1 saturated heterocycles. The van der Waals surface area contributed by atoms with Gasteiger partial charge in [-0.05, 0) is 56.7 Å². The Balaban J connectivity index is 1.55. The molecule has 2 N–H and O–H groups in total. The van der Waals surface area contributed by atoms with Crippen LogP contribution in [0, 0.1) is 11.8 Å². The van der Waals surface area contributed by atoms with Crippen LogP contribution in [0.15, 0.2) is 30.3 Å². The number of carbonyl (C=O) groups is 1. The molecule has 2 atom stereocenters. The zero-order chi connectivity index (χ0) is 14.5. The van der Waals surface area contributed by atoms with E-state index in [2.05, 4.69) is 41.0 Å². The average molecular weight is 286 g/mol. The summed E-state index contributed by atoms with van der Waals surface area (Å²) in [5.74, 6) is 1.13. The van der Waals surface area contributed by atoms with E-state index in [1.54, 1.807) is 0 Å². The van der Waals surface area contributed by atoms with Crippen molar-refractivity contribution in [2.24, 2.45) is 11.8 Å². The molecule has 2 aliphatic rings. The summed E-state index contributed by atoms with van der Waals surface area (Å²) >= 11 is 0. The van der Waals surface area contributed by atoms with Crippen LogP contribution in [0.25, 0.3) is 0 Å². The van der Waals surface area contributed by atoms with E-state index in [-0.39, 0.29) is 5.92 Å². The predicted octanol–water partition coefficient (Wildman–Crippen LogP) is 2.51. The highest BCUT2D eigenvalue weighted by atomic mass is 16.1. The lowest BCUT2D eigenvalue weighted by molar-refractivity contribution is -0.126. The topological polar surface area (TPSA) is 41.1 Å².